The summed E-state index contributed by atoms with van der Waals surface area (Å²) < 4.78 is 5.48. The van der Waals surface area contributed by atoms with Crippen LogP contribution in [-0.4, -0.2) is 65.3 Å². The molecule has 0 radical (unpaired) electrons. The van der Waals surface area contributed by atoms with E-state index in [9.17, 15) is 0 Å². The van der Waals surface area contributed by atoms with Gasteiger partial charge in [-0.2, -0.15) is 4.98 Å². The van der Waals surface area contributed by atoms with Crippen molar-refractivity contribution in [1.82, 2.24) is 25.3 Å². The van der Waals surface area contributed by atoms with Gasteiger partial charge < -0.3 is 9.84 Å². The molecule has 6 nitrogen and oxygen atoms in total. The van der Waals surface area contributed by atoms with Crippen molar-refractivity contribution in [2.45, 2.75) is 44.2 Å². The zero-order valence-corrected chi connectivity index (χ0v) is 12.6. The second-order valence-corrected chi connectivity index (χ2v) is 6.58. The molecule has 5 heterocycles. The SMILES string of the molecule is C1CCC(CCc2nc(C3CN4CCN3CC4)no2)NC1. The van der Waals surface area contributed by atoms with Gasteiger partial charge in [-0.15, -0.1) is 0 Å². The first kappa shape index (κ1) is 13.7. The van der Waals surface area contributed by atoms with E-state index in [1.54, 1.807) is 0 Å². The highest BCUT2D eigenvalue weighted by Crippen LogP contribution is 2.27. The third kappa shape index (κ3) is 2.98. The van der Waals surface area contributed by atoms with Gasteiger partial charge in [-0.1, -0.05) is 11.6 Å². The van der Waals surface area contributed by atoms with Crippen molar-refractivity contribution in [3.63, 3.8) is 0 Å². The highest BCUT2D eigenvalue weighted by Gasteiger charge is 2.35. The predicted molar refractivity (Wildman–Crippen MR) is 79.0 cm³/mol. The quantitative estimate of drug-likeness (QED) is 0.886. The third-order valence-electron chi connectivity index (χ3n) is 5.18. The van der Waals surface area contributed by atoms with Gasteiger partial charge in [-0.3, -0.25) is 9.80 Å². The minimum atomic E-state index is 0.345. The number of hydrogen-bond donors (Lipinski definition) is 1. The van der Waals surface area contributed by atoms with Gasteiger partial charge in [-0.25, -0.2) is 0 Å². The van der Waals surface area contributed by atoms with Crippen molar-refractivity contribution >= 4 is 0 Å². The number of nitrogens with one attached hydrogen (secondary N) is 1. The fraction of sp³-hybridized carbons (Fsp3) is 0.867. The molecule has 1 N–H and O–H groups in total. The van der Waals surface area contributed by atoms with Crippen molar-refractivity contribution in [1.29, 1.82) is 0 Å². The zero-order valence-electron chi connectivity index (χ0n) is 12.6. The van der Waals surface area contributed by atoms with E-state index >= 15 is 0 Å². The second-order valence-electron chi connectivity index (χ2n) is 6.58. The van der Waals surface area contributed by atoms with Gasteiger partial charge in [0.05, 0.1) is 6.04 Å². The van der Waals surface area contributed by atoms with Crippen molar-refractivity contribution < 1.29 is 4.52 Å². The molecule has 4 aliphatic rings. The molecule has 0 aromatic carbocycles. The van der Waals surface area contributed by atoms with Gasteiger partial charge in [0.1, 0.15) is 0 Å². The lowest BCUT2D eigenvalue weighted by atomic mass is 10.0. The van der Waals surface area contributed by atoms with Gasteiger partial charge in [0.25, 0.3) is 0 Å². The van der Waals surface area contributed by atoms with Crippen LogP contribution in [0, 0.1) is 0 Å². The van der Waals surface area contributed by atoms with Gasteiger partial charge in [0.15, 0.2) is 5.82 Å². The number of piperazine rings is 3. The lowest BCUT2D eigenvalue weighted by Crippen LogP contribution is -2.57. The number of piperidine rings is 1. The van der Waals surface area contributed by atoms with Crippen LogP contribution in [0.5, 0.6) is 0 Å². The molecule has 2 atom stereocenters. The summed E-state index contributed by atoms with van der Waals surface area (Å²) in [6.07, 6.45) is 5.96. The molecule has 21 heavy (non-hydrogen) atoms. The van der Waals surface area contributed by atoms with E-state index in [4.69, 9.17) is 4.52 Å². The molecule has 4 fully saturated rings. The fourth-order valence-corrected chi connectivity index (χ4v) is 3.84. The number of nitrogens with zero attached hydrogens (tertiary/aromatic N) is 4. The van der Waals surface area contributed by atoms with E-state index in [0.29, 0.717) is 12.1 Å². The van der Waals surface area contributed by atoms with Crippen molar-refractivity contribution in [2.24, 2.45) is 0 Å². The van der Waals surface area contributed by atoms with Crippen LogP contribution in [-0.2, 0) is 6.42 Å². The molecule has 5 rings (SSSR count). The Balaban J connectivity index is 1.35. The van der Waals surface area contributed by atoms with E-state index in [1.165, 1.54) is 32.4 Å². The standard InChI is InChI=1S/C15H25N5O/c1-2-6-16-12(3-1)4-5-14-17-15(18-21-14)13-11-19-7-9-20(13)10-8-19/h12-13,16H,1-11H2. The van der Waals surface area contributed by atoms with Crippen molar-refractivity contribution in [3.05, 3.63) is 11.7 Å². The normalized spacial score (nSPS) is 36.0. The third-order valence-corrected chi connectivity index (χ3v) is 5.18. The number of aromatic nitrogens is 2. The fourth-order valence-electron chi connectivity index (χ4n) is 3.84. The van der Waals surface area contributed by atoms with Crippen LogP contribution in [0.3, 0.4) is 0 Å². The second kappa shape index (κ2) is 6.02. The minimum absolute atomic E-state index is 0.345. The molecule has 116 valence electrons. The summed E-state index contributed by atoms with van der Waals surface area (Å²) in [6.45, 7) is 6.87. The summed E-state index contributed by atoms with van der Waals surface area (Å²) in [5.74, 6) is 1.71. The summed E-state index contributed by atoms with van der Waals surface area (Å²) in [7, 11) is 0. The van der Waals surface area contributed by atoms with Crippen LogP contribution in [0.25, 0.3) is 0 Å². The average molecular weight is 291 g/mol. The molecule has 0 amide bonds. The molecule has 1 aromatic heterocycles. The summed E-state index contributed by atoms with van der Waals surface area (Å²) in [5, 5.41) is 7.82. The monoisotopic (exact) mass is 291 g/mol. The van der Waals surface area contributed by atoms with Crippen molar-refractivity contribution in [3.8, 4) is 0 Å². The largest absolute Gasteiger partial charge is 0.339 e. The van der Waals surface area contributed by atoms with Crippen LogP contribution < -0.4 is 5.32 Å². The Labute approximate surface area is 125 Å². The smallest absolute Gasteiger partial charge is 0.226 e. The van der Waals surface area contributed by atoms with Crippen LogP contribution in [0.4, 0.5) is 0 Å². The Bertz CT molecular complexity index is 462. The number of rotatable bonds is 4. The molecule has 0 aliphatic carbocycles. The maximum absolute atomic E-state index is 5.48. The number of aryl methyl sites for hydroxylation is 1. The maximum Gasteiger partial charge on any atom is 0.226 e. The van der Waals surface area contributed by atoms with Crippen LogP contribution >= 0.6 is 0 Å². The average Bonchev–Trinajstić information content (AvgIpc) is 3.04. The topological polar surface area (TPSA) is 57.4 Å². The van der Waals surface area contributed by atoms with Gasteiger partial charge in [0, 0.05) is 45.2 Å². The molecule has 4 aliphatic heterocycles. The van der Waals surface area contributed by atoms with E-state index < -0.39 is 0 Å². The van der Waals surface area contributed by atoms with E-state index in [1.807, 2.05) is 0 Å². The number of fused-ring (bicyclic) bond motifs is 3. The highest BCUT2D eigenvalue weighted by atomic mass is 16.5. The number of hydrogen-bond acceptors (Lipinski definition) is 6. The Morgan fingerprint density at radius 2 is 2.10 bits per heavy atom. The lowest BCUT2D eigenvalue weighted by molar-refractivity contribution is 0.00781. The molecule has 4 saturated heterocycles. The molecule has 0 spiro atoms. The first-order valence-corrected chi connectivity index (χ1v) is 8.41. The highest BCUT2D eigenvalue weighted by molar-refractivity contribution is 5.01. The summed E-state index contributed by atoms with van der Waals surface area (Å²) >= 11 is 0. The van der Waals surface area contributed by atoms with E-state index in [2.05, 4.69) is 25.3 Å². The van der Waals surface area contributed by atoms with Crippen LogP contribution in [0.1, 0.15) is 43.4 Å². The summed E-state index contributed by atoms with van der Waals surface area (Å²) in [5.41, 5.74) is 0. The molecule has 1 aromatic rings. The Morgan fingerprint density at radius 1 is 1.19 bits per heavy atom. The summed E-state index contributed by atoms with van der Waals surface area (Å²) in [6, 6.07) is 0.979. The summed E-state index contributed by atoms with van der Waals surface area (Å²) in [4.78, 5) is 9.67. The lowest BCUT2D eigenvalue weighted by Gasteiger charge is -2.46. The molecule has 2 unspecified atom stereocenters. The Hall–Kier alpha value is -0.980. The van der Waals surface area contributed by atoms with Gasteiger partial charge in [-0.05, 0) is 25.8 Å². The van der Waals surface area contributed by atoms with Crippen LogP contribution in [0.2, 0.25) is 0 Å². The van der Waals surface area contributed by atoms with Gasteiger partial charge >= 0.3 is 0 Å². The first-order valence-electron chi connectivity index (χ1n) is 8.41. The van der Waals surface area contributed by atoms with E-state index in [-0.39, 0.29) is 0 Å². The molecule has 6 heteroatoms. The van der Waals surface area contributed by atoms with Crippen LogP contribution in [0.15, 0.2) is 4.52 Å². The first-order chi connectivity index (χ1) is 10.4. The van der Waals surface area contributed by atoms with Crippen molar-refractivity contribution in [2.75, 3.05) is 39.3 Å². The molecular formula is C15H25N5O. The van der Waals surface area contributed by atoms with Gasteiger partial charge in [0.2, 0.25) is 5.89 Å². The Kier molecular flexibility index (Phi) is 3.92. The molecule has 2 bridgehead atoms. The zero-order chi connectivity index (χ0) is 14.1. The maximum atomic E-state index is 5.48. The van der Waals surface area contributed by atoms with E-state index in [0.717, 1.165) is 50.7 Å². The molecule has 0 saturated carbocycles. The minimum Gasteiger partial charge on any atom is -0.339 e. The molecular weight excluding hydrogens is 266 g/mol. The Morgan fingerprint density at radius 3 is 2.81 bits per heavy atom. The predicted octanol–water partition coefficient (Wildman–Crippen LogP) is 0.817.